The lowest BCUT2D eigenvalue weighted by Crippen LogP contribution is -2.23. The summed E-state index contributed by atoms with van der Waals surface area (Å²) in [6, 6.07) is 3.99. The first-order chi connectivity index (χ1) is 10.6. The first-order valence-electron chi connectivity index (χ1n) is 6.94. The van der Waals surface area contributed by atoms with Crippen molar-refractivity contribution in [1.29, 1.82) is 0 Å². The van der Waals surface area contributed by atoms with E-state index >= 15 is 0 Å². The van der Waals surface area contributed by atoms with E-state index in [9.17, 15) is 4.79 Å². The summed E-state index contributed by atoms with van der Waals surface area (Å²) in [4.78, 5) is 13.4. The van der Waals surface area contributed by atoms with Gasteiger partial charge in [0.05, 0.1) is 30.3 Å². The van der Waals surface area contributed by atoms with Crippen LogP contribution in [0.4, 0.5) is 0 Å². The second kappa shape index (κ2) is 5.81. The fourth-order valence-electron chi connectivity index (χ4n) is 2.41. The molecule has 3 aromatic heterocycles. The number of carbonyl (C=O) groups is 1. The van der Waals surface area contributed by atoms with Crippen molar-refractivity contribution in [1.82, 2.24) is 15.1 Å². The minimum atomic E-state index is -0.0821. The summed E-state index contributed by atoms with van der Waals surface area (Å²) >= 11 is 1.62. The summed E-state index contributed by atoms with van der Waals surface area (Å²) in [5, 5.41) is 9.30. The van der Waals surface area contributed by atoms with Gasteiger partial charge in [-0.2, -0.15) is 5.10 Å². The fourth-order valence-corrected chi connectivity index (χ4v) is 3.24. The Labute approximate surface area is 132 Å². The number of hydrogen-bond acceptors (Lipinski definition) is 4. The van der Waals surface area contributed by atoms with Crippen LogP contribution in [0.25, 0.3) is 11.1 Å². The monoisotopic (exact) mass is 315 g/mol. The molecule has 0 saturated carbocycles. The topological polar surface area (TPSA) is 60.1 Å². The Morgan fingerprint density at radius 3 is 2.86 bits per heavy atom. The number of nitrogens with zero attached hydrogens (tertiary/aromatic N) is 2. The molecule has 5 nitrogen and oxygen atoms in total. The Balaban J connectivity index is 1.69. The number of rotatable bonds is 4. The van der Waals surface area contributed by atoms with Crippen LogP contribution in [0.15, 0.2) is 34.5 Å². The lowest BCUT2D eigenvalue weighted by Gasteiger charge is -2.04. The van der Waals surface area contributed by atoms with Crippen molar-refractivity contribution in [3.05, 3.63) is 51.9 Å². The van der Waals surface area contributed by atoms with Gasteiger partial charge in [-0.25, -0.2) is 0 Å². The van der Waals surface area contributed by atoms with Crippen LogP contribution in [-0.4, -0.2) is 15.7 Å². The molecule has 0 unspecified atom stereocenters. The molecule has 0 spiro atoms. The summed E-state index contributed by atoms with van der Waals surface area (Å²) in [7, 11) is 1.84. The van der Waals surface area contributed by atoms with E-state index in [0.717, 1.165) is 27.4 Å². The number of carbonyl (C=O) groups excluding carboxylic acids is 1. The van der Waals surface area contributed by atoms with E-state index in [1.807, 2.05) is 27.0 Å². The van der Waals surface area contributed by atoms with Crippen LogP contribution in [0.2, 0.25) is 0 Å². The highest BCUT2D eigenvalue weighted by atomic mass is 32.1. The van der Waals surface area contributed by atoms with Gasteiger partial charge in [0.25, 0.3) is 5.91 Å². The zero-order chi connectivity index (χ0) is 15.7. The average molecular weight is 315 g/mol. The number of aromatic nitrogens is 2. The normalized spacial score (nSPS) is 10.9. The van der Waals surface area contributed by atoms with E-state index < -0.39 is 0 Å². The minimum Gasteiger partial charge on any atom is -0.472 e. The van der Waals surface area contributed by atoms with Gasteiger partial charge in [0.1, 0.15) is 0 Å². The molecule has 0 aromatic carbocycles. The maximum absolute atomic E-state index is 12.3. The molecular weight excluding hydrogens is 298 g/mol. The third kappa shape index (κ3) is 2.69. The first-order valence-corrected chi connectivity index (χ1v) is 7.82. The van der Waals surface area contributed by atoms with Crippen molar-refractivity contribution in [3.63, 3.8) is 0 Å². The molecule has 3 rings (SSSR count). The van der Waals surface area contributed by atoms with Gasteiger partial charge in [0.15, 0.2) is 0 Å². The van der Waals surface area contributed by atoms with E-state index in [1.54, 1.807) is 28.5 Å². The standard InChI is InChI=1S/C16H17N3O2S/c1-10-15(11(2)19(3)18-10)16(20)17-7-14-6-13(9-22-14)12-4-5-21-8-12/h4-6,8-9H,7H2,1-3H3,(H,17,20). The smallest absolute Gasteiger partial charge is 0.255 e. The second-order valence-electron chi connectivity index (χ2n) is 5.17. The Kier molecular flexibility index (Phi) is 3.85. The van der Waals surface area contributed by atoms with Crippen molar-refractivity contribution in [2.45, 2.75) is 20.4 Å². The molecule has 114 valence electrons. The number of aryl methyl sites for hydroxylation is 2. The Bertz CT molecular complexity index is 800. The zero-order valence-corrected chi connectivity index (χ0v) is 13.5. The van der Waals surface area contributed by atoms with Gasteiger partial charge in [-0.1, -0.05) is 0 Å². The molecule has 1 amide bonds. The van der Waals surface area contributed by atoms with E-state index in [1.165, 1.54) is 0 Å². The Morgan fingerprint density at radius 2 is 2.23 bits per heavy atom. The number of thiophene rings is 1. The average Bonchev–Trinajstić information content (AvgIpc) is 3.19. The predicted octanol–water partition coefficient (Wildman–Crippen LogP) is 3.29. The van der Waals surface area contributed by atoms with Gasteiger partial charge in [-0.15, -0.1) is 11.3 Å². The van der Waals surface area contributed by atoms with Gasteiger partial charge in [0.2, 0.25) is 0 Å². The lowest BCUT2D eigenvalue weighted by atomic mass is 10.1. The second-order valence-corrected chi connectivity index (χ2v) is 6.16. The molecule has 3 aromatic rings. The van der Waals surface area contributed by atoms with Crippen molar-refractivity contribution in [3.8, 4) is 11.1 Å². The number of furan rings is 1. The Hall–Kier alpha value is -2.34. The van der Waals surface area contributed by atoms with Crippen molar-refractivity contribution >= 4 is 17.2 Å². The van der Waals surface area contributed by atoms with Gasteiger partial charge in [-0.3, -0.25) is 9.48 Å². The van der Waals surface area contributed by atoms with Crippen LogP contribution in [0.1, 0.15) is 26.6 Å². The molecule has 0 bridgehead atoms. The van der Waals surface area contributed by atoms with Crippen LogP contribution in [0, 0.1) is 13.8 Å². The van der Waals surface area contributed by atoms with Gasteiger partial charge < -0.3 is 9.73 Å². The molecular formula is C16H17N3O2S. The van der Waals surface area contributed by atoms with Gasteiger partial charge in [0, 0.05) is 23.2 Å². The predicted molar refractivity (Wildman–Crippen MR) is 85.9 cm³/mol. The molecule has 0 radical (unpaired) electrons. The molecule has 6 heteroatoms. The lowest BCUT2D eigenvalue weighted by molar-refractivity contribution is 0.0950. The number of nitrogens with one attached hydrogen (secondary N) is 1. The highest BCUT2D eigenvalue weighted by molar-refractivity contribution is 7.10. The highest BCUT2D eigenvalue weighted by Crippen LogP contribution is 2.26. The molecule has 22 heavy (non-hydrogen) atoms. The van der Waals surface area contributed by atoms with E-state index in [4.69, 9.17) is 4.42 Å². The van der Waals surface area contributed by atoms with Crippen molar-refractivity contribution in [2.24, 2.45) is 7.05 Å². The quantitative estimate of drug-likeness (QED) is 0.803. The molecule has 0 aliphatic rings. The van der Waals surface area contributed by atoms with Crippen LogP contribution >= 0.6 is 11.3 Å². The third-order valence-electron chi connectivity index (χ3n) is 3.67. The largest absolute Gasteiger partial charge is 0.472 e. The highest BCUT2D eigenvalue weighted by Gasteiger charge is 2.17. The molecule has 0 fully saturated rings. The summed E-state index contributed by atoms with van der Waals surface area (Å²) in [5.74, 6) is -0.0821. The molecule has 0 aliphatic heterocycles. The summed E-state index contributed by atoms with van der Waals surface area (Å²) in [5.41, 5.74) is 4.45. The molecule has 0 aliphatic carbocycles. The summed E-state index contributed by atoms with van der Waals surface area (Å²) in [6.45, 7) is 4.26. The van der Waals surface area contributed by atoms with Gasteiger partial charge in [-0.05, 0) is 36.9 Å². The molecule has 1 N–H and O–H groups in total. The van der Waals surface area contributed by atoms with E-state index in [-0.39, 0.29) is 5.91 Å². The molecule has 0 saturated heterocycles. The minimum absolute atomic E-state index is 0.0821. The summed E-state index contributed by atoms with van der Waals surface area (Å²) < 4.78 is 6.82. The first kappa shape index (κ1) is 14.6. The summed E-state index contributed by atoms with van der Waals surface area (Å²) in [6.07, 6.45) is 3.37. The number of hydrogen-bond donors (Lipinski definition) is 1. The van der Waals surface area contributed by atoms with Crippen LogP contribution in [-0.2, 0) is 13.6 Å². The zero-order valence-electron chi connectivity index (χ0n) is 12.7. The molecule has 0 atom stereocenters. The fraction of sp³-hybridized carbons (Fsp3) is 0.250. The Morgan fingerprint density at radius 1 is 1.41 bits per heavy atom. The molecule has 3 heterocycles. The van der Waals surface area contributed by atoms with Crippen LogP contribution in [0.5, 0.6) is 0 Å². The number of amides is 1. The van der Waals surface area contributed by atoms with E-state index in [0.29, 0.717) is 12.1 Å². The maximum atomic E-state index is 12.3. The third-order valence-corrected chi connectivity index (χ3v) is 4.60. The maximum Gasteiger partial charge on any atom is 0.255 e. The van der Waals surface area contributed by atoms with Gasteiger partial charge >= 0.3 is 0 Å². The van der Waals surface area contributed by atoms with Crippen LogP contribution < -0.4 is 5.32 Å². The van der Waals surface area contributed by atoms with Crippen LogP contribution in [0.3, 0.4) is 0 Å². The SMILES string of the molecule is Cc1nn(C)c(C)c1C(=O)NCc1cc(-c2ccoc2)cs1. The van der Waals surface area contributed by atoms with E-state index in [2.05, 4.69) is 21.9 Å². The van der Waals surface area contributed by atoms with Crippen molar-refractivity contribution in [2.75, 3.05) is 0 Å². The van der Waals surface area contributed by atoms with Crippen molar-refractivity contribution < 1.29 is 9.21 Å².